The van der Waals surface area contributed by atoms with Gasteiger partial charge in [0.1, 0.15) is 0 Å². The lowest BCUT2D eigenvalue weighted by atomic mass is 10.2. The summed E-state index contributed by atoms with van der Waals surface area (Å²) < 4.78 is 1.47. The molecule has 1 unspecified atom stereocenters. The minimum absolute atomic E-state index is 0.208. The second-order valence-electron chi connectivity index (χ2n) is 3.39. The molecule has 0 saturated heterocycles. The van der Waals surface area contributed by atoms with Gasteiger partial charge in [-0.1, -0.05) is 23.2 Å². The van der Waals surface area contributed by atoms with Gasteiger partial charge in [-0.25, -0.2) is 0 Å². The van der Waals surface area contributed by atoms with Gasteiger partial charge in [0, 0.05) is 12.6 Å². The second-order valence-corrected chi connectivity index (χ2v) is 5.67. The van der Waals surface area contributed by atoms with E-state index in [1.54, 1.807) is 0 Å². The predicted octanol–water partition coefficient (Wildman–Crippen LogP) is 3.48. The van der Waals surface area contributed by atoms with Gasteiger partial charge in [-0.05, 0) is 37.9 Å². The van der Waals surface area contributed by atoms with Crippen molar-refractivity contribution in [2.24, 2.45) is 0 Å². The number of hydrogen-bond donors (Lipinski definition) is 2. The van der Waals surface area contributed by atoms with E-state index in [4.69, 9.17) is 28.3 Å². The van der Waals surface area contributed by atoms with E-state index in [1.165, 1.54) is 11.3 Å². The Labute approximate surface area is 104 Å². The molecule has 0 fully saturated rings. The van der Waals surface area contributed by atoms with Crippen molar-refractivity contribution in [2.45, 2.75) is 25.8 Å². The summed E-state index contributed by atoms with van der Waals surface area (Å²) in [4.78, 5) is 0. The molecule has 1 heterocycles. The molecule has 0 saturated carbocycles. The highest BCUT2D eigenvalue weighted by Crippen LogP contribution is 2.34. The zero-order chi connectivity index (χ0) is 11.3. The number of rotatable bonds is 6. The third kappa shape index (κ3) is 4.29. The maximum absolute atomic E-state index is 8.63. The van der Waals surface area contributed by atoms with Gasteiger partial charge < -0.3 is 10.4 Å². The van der Waals surface area contributed by atoms with Gasteiger partial charge in [0.15, 0.2) is 0 Å². The minimum atomic E-state index is 0.208. The number of unbranched alkanes of at least 4 members (excludes halogenated alkanes) is 1. The van der Waals surface area contributed by atoms with Crippen molar-refractivity contribution >= 4 is 34.5 Å². The molecule has 0 amide bonds. The summed E-state index contributed by atoms with van der Waals surface area (Å²) >= 11 is 13.3. The van der Waals surface area contributed by atoms with Crippen molar-refractivity contribution in [3.8, 4) is 0 Å². The highest BCUT2D eigenvalue weighted by atomic mass is 35.5. The molecular weight excluding hydrogens is 253 g/mol. The molecule has 0 bridgehead atoms. The molecule has 86 valence electrons. The van der Waals surface area contributed by atoms with Crippen LogP contribution in [0.25, 0.3) is 0 Å². The van der Waals surface area contributed by atoms with Crippen molar-refractivity contribution in [1.29, 1.82) is 0 Å². The highest BCUT2D eigenvalue weighted by Gasteiger charge is 2.12. The molecule has 15 heavy (non-hydrogen) atoms. The molecule has 2 N–H and O–H groups in total. The first-order valence-electron chi connectivity index (χ1n) is 4.94. The number of aliphatic hydroxyl groups excluding tert-OH is 1. The Morgan fingerprint density at radius 1 is 1.47 bits per heavy atom. The zero-order valence-corrected chi connectivity index (χ0v) is 10.9. The lowest BCUT2D eigenvalue weighted by Gasteiger charge is -2.12. The molecule has 1 aromatic rings. The Hall–Kier alpha value is 0.200. The van der Waals surface area contributed by atoms with Crippen LogP contribution in [0.15, 0.2) is 6.07 Å². The minimum Gasteiger partial charge on any atom is -0.396 e. The first kappa shape index (κ1) is 13.3. The first-order chi connectivity index (χ1) is 7.15. The van der Waals surface area contributed by atoms with Gasteiger partial charge >= 0.3 is 0 Å². The SMILES string of the molecule is CC(NCCCCO)c1cc(Cl)sc1Cl. The fourth-order valence-corrected chi connectivity index (χ4v) is 2.96. The summed E-state index contributed by atoms with van der Waals surface area (Å²) in [5.74, 6) is 0. The Bertz CT molecular complexity index is 304. The normalized spacial score (nSPS) is 13.1. The number of halogens is 2. The molecule has 0 aliphatic rings. The summed E-state index contributed by atoms with van der Waals surface area (Å²) in [7, 11) is 0. The molecule has 0 aliphatic heterocycles. The standard InChI is InChI=1S/C10H15Cl2NOS/c1-7(13-4-2-3-5-14)8-6-9(11)15-10(8)12/h6-7,13-14H,2-5H2,1H3. The molecule has 5 heteroatoms. The van der Waals surface area contributed by atoms with E-state index in [-0.39, 0.29) is 12.6 Å². The second kappa shape index (κ2) is 6.71. The van der Waals surface area contributed by atoms with Crippen molar-refractivity contribution in [3.05, 3.63) is 20.3 Å². The van der Waals surface area contributed by atoms with Gasteiger partial charge in [-0.2, -0.15) is 0 Å². The summed E-state index contributed by atoms with van der Waals surface area (Å²) in [6, 6.07) is 2.11. The topological polar surface area (TPSA) is 32.3 Å². The lowest BCUT2D eigenvalue weighted by Crippen LogP contribution is -2.19. The third-order valence-electron chi connectivity index (χ3n) is 2.18. The van der Waals surface area contributed by atoms with Crippen molar-refractivity contribution < 1.29 is 5.11 Å². The molecule has 1 aromatic heterocycles. The fraction of sp³-hybridized carbons (Fsp3) is 0.600. The lowest BCUT2D eigenvalue weighted by molar-refractivity contribution is 0.283. The van der Waals surface area contributed by atoms with Crippen LogP contribution in [0.3, 0.4) is 0 Å². The van der Waals surface area contributed by atoms with E-state index < -0.39 is 0 Å². The smallest absolute Gasteiger partial charge is 0.0991 e. The summed E-state index contributed by atoms with van der Waals surface area (Å²) in [5, 5.41) is 12.0. The Balaban J connectivity index is 2.39. The van der Waals surface area contributed by atoms with Crippen LogP contribution in [0.4, 0.5) is 0 Å². The Morgan fingerprint density at radius 2 is 2.20 bits per heavy atom. The average Bonchev–Trinajstić information content (AvgIpc) is 2.52. The van der Waals surface area contributed by atoms with E-state index in [1.807, 2.05) is 6.07 Å². The van der Waals surface area contributed by atoms with Crippen LogP contribution < -0.4 is 5.32 Å². The molecular formula is C10H15Cl2NOS. The summed E-state index contributed by atoms with van der Waals surface area (Å²) in [5.41, 5.74) is 1.05. The van der Waals surface area contributed by atoms with Crippen LogP contribution in [0, 0.1) is 0 Å². The van der Waals surface area contributed by atoms with Crippen LogP contribution in [0.1, 0.15) is 31.4 Å². The third-order valence-corrected chi connectivity index (χ3v) is 3.70. The van der Waals surface area contributed by atoms with Gasteiger partial charge in [0.2, 0.25) is 0 Å². The van der Waals surface area contributed by atoms with Gasteiger partial charge in [-0.3, -0.25) is 0 Å². The van der Waals surface area contributed by atoms with Gasteiger partial charge in [0.05, 0.1) is 8.67 Å². The molecule has 0 spiro atoms. The molecule has 0 aliphatic carbocycles. The first-order valence-corrected chi connectivity index (χ1v) is 6.51. The number of thiophene rings is 1. The van der Waals surface area contributed by atoms with E-state index in [0.29, 0.717) is 0 Å². The van der Waals surface area contributed by atoms with Crippen LogP contribution in [0.2, 0.25) is 8.67 Å². The van der Waals surface area contributed by atoms with Crippen molar-refractivity contribution in [1.82, 2.24) is 5.32 Å². The monoisotopic (exact) mass is 267 g/mol. The average molecular weight is 268 g/mol. The fourth-order valence-electron chi connectivity index (χ4n) is 1.31. The van der Waals surface area contributed by atoms with Crippen LogP contribution >= 0.6 is 34.5 Å². The van der Waals surface area contributed by atoms with Crippen LogP contribution in [-0.4, -0.2) is 18.3 Å². The largest absolute Gasteiger partial charge is 0.396 e. The molecule has 1 atom stereocenters. The predicted molar refractivity (Wildman–Crippen MR) is 67.1 cm³/mol. The van der Waals surface area contributed by atoms with E-state index >= 15 is 0 Å². The summed E-state index contributed by atoms with van der Waals surface area (Å²) in [6.07, 6.45) is 1.80. The Morgan fingerprint density at radius 3 is 2.73 bits per heavy atom. The number of hydrogen-bond acceptors (Lipinski definition) is 3. The quantitative estimate of drug-likeness (QED) is 0.774. The van der Waals surface area contributed by atoms with Crippen molar-refractivity contribution in [2.75, 3.05) is 13.2 Å². The number of aliphatic hydroxyl groups is 1. The van der Waals surface area contributed by atoms with Gasteiger partial charge in [0.25, 0.3) is 0 Å². The molecule has 0 aromatic carbocycles. The van der Waals surface area contributed by atoms with Gasteiger partial charge in [-0.15, -0.1) is 11.3 Å². The zero-order valence-electron chi connectivity index (χ0n) is 8.59. The molecule has 1 rings (SSSR count). The van der Waals surface area contributed by atoms with Crippen molar-refractivity contribution in [3.63, 3.8) is 0 Å². The van der Waals surface area contributed by atoms with E-state index in [9.17, 15) is 0 Å². The molecule has 2 nitrogen and oxygen atoms in total. The van der Waals surface area contributed by atoms with E-state index in [0.717, 1.165) is 33.6 Å². The highest BCUT2D eigenvalue weighted by molar-refractivity contribution is 7.20. The van der Waals surface area contributed by atoms with Crippen LogP contribution in [-0.2, 0) is 0 Å². The van der Waals surface area contributed by atoms with Crippen LogP contribution in [0.5, 0.6) is 0 Å². The number of nitrogens with one attached hydrogen (secondary N) is 1. The Kier molecular flexibility index (Phi) is 5.94. The molecule has 0 radical (unpaired) electrons. The maximum atomic E-state index is 8.63. The van der Waals surface area contributed by atoms with E-state index in [2.05, 4.69) is 12.2 Å². The summed E-state index contributed by atoms with van der Waals surface area (Å²) in [6.45, 7) is 3.19. The maximum Gasteiger partial charge on any atom is 0.0991 e.